The van der Waals surface area contributed by atoms with Crippen LogP contribution < -0.4 is 20.5 Å². The minimum Gasteiger partial charge on any atom is -0.483 e. The number of amides is 3. The summed E-state index contributed by atoms with van der Waals surface area (Å²) in [7, 11) is 0. The van der Waals surface area contributed by atoms with Crippen molar-refractivity contribution in [2.45, 2.75) is 0 Å². The number of hydrazine groups is 1. The highest BCUT2D eigenvalue weighted by molar-refractivity contribution is 6.31. The molecule has 3 aromatic carbocycles. The maximum Gasteiger partial charge on any atom is 0.282 e. The van der Waals surface area contributed by atoms with E-state index in [0.717, 1.165) is 11.1 Å². The average molecular weight is 476 g/mol. The number of anilines is 2. The van der Waals surface area contributed by atoms with Gasteiger partial charge in [-0.3, -0.25) is 29.9 Å². The zero-order valence-electron chi connectivity index (χ0n) is 17.9. The van der Waals surface area contributed by atoms with Crippen LogP contribution in [0.25, 0.3) is 6.08 Å². The maximum absolute atomic E-state index is 13.0. The summed E-state index contributed by atoms with van der Waals surface area (Å²) in [5, 5.41) is 14.8. The van der Waals surface area contributed by atoms with Crippen LogP contribution in [-0.4, -0.2) is 29.3 Å². The molecule has 1 fully saturated rings. The fourth-order valence-electron chi connectivity index (χ4n) is 3.24. The monoisotopic (exact) mass is 476 g/mol. The van der Waals surface area contributed by atoms with Gasteiger partial charge in [0.05, 0.1) is 10.6 Å². The molecule has 0 saturated carbocycles. The summed E-state index contributed by atoms with van der Waals surface area (Å²) in [4.78, 5) is 48.2. The first-order chi connectivity index (χ1) is 16.8. The molecule has 0 aliphatic carbocycles. The van der Waals surface area contributed by atoms with E-state index in [1.807, 2.05) is 0 Å². The molecule has 0 aromatic heterocycles. The zero-order chi connectivity index (χ0) is 24.9. The third kappa shape index (κ3) is 5.30. The van der Waals surface area contributed by atoms with E-state index in [-0.39, 0.29) is 22.6 Å². The van der Waals surface area contributed by atoms with E-state index in [9.17, 15) is 28.9 Å². The van der Waals surface area contributed by atoms with Gasteiger partial charge in [-0.1, -0.05) is 18.2 Å². The van der Waals surface area contributed by atoms with Crippen molar-refractivity contribution in [1.29, 1.82) is 0 Å². The highest BCUT2D eigenvalue weighted by Gasteiger charge is 2.34. The Bertz CT molecular complexity index is 1340. The number of carbonyl (C=O) groups excluding carboxylic acids is 3. The number of rotatable bonds is 7. The molecule has 1 aliphatic heterocycles. The predicted octanol–water partition coefficient (Wildman–Crippen LogP) is 3.21. The van der Waals surface area contributed by atoms with E-state index in [2.05, 4.69) is 10.7 Å². The number of carbonyl (C=O) groups is 3. The summed E-state index contributed by atoms with van der Waals surface area (Å²) in [6.07, 6.45) is 1.17. The van der Waals surface area contributed by atoms with Gasteiger partial charge in [0.1, 0.15) is 17.1 Å². The quantitative estimate of drug-likeness (QED) is 0.233. The van der Waals surface area contributed by atoms with Crippen LogP contribution in [0.1, 0.15) is 5.56 Å². The molecule has 3 aromatic rings. The highest BCUT2D eigenvalue weighted by Crippen LogP contribution is 2.29. The minimum atomic E-state index is -0.703. The molecule has 0 unspecified atom stereocenters. The first kappa shape index (κ1) is 23.1. The van der Waals surface area contributed by atoms with E-state index < -0.39 is 35.1 Å². The lowest BCUT2D eigenvalue weighted by Crippen LogP contribution is -2.35. The molecular formula is C24H17FN4O6. The normalized spacial score (nSPS) is 14.1. The number of nitrogens with one attached hydrogen (secondary N) is 2. The SMILES string of the molecule is O=C(COc1ccc([N+](=O)[O-])cc1/C=C1/C(=O)NN(c2ccccc2)C1=O)Nc1ccc(F)cc1. The molecule has 4 rings (SSSR count). The summed E-state index contributed by atoms with van der Waals surface area (Å²) in [5.41, 5.74) is 2.71. The van der Waals surface area contributed by atoms with Crippen LogP contribution in [0.15, 0.2) is 78.4 Å². The van der Waals surface area contributed by atoms with Gasteiger partial charge in [0.25, 0.3) is 23.4 Å². The average Bonchev–Trinajstić information content (AvgIpc) is 3.13. The third-order valence-corrected chi connectivity index (χ3v) is 4.90. The number of nitro benzene ring substituents is 1. The van der Waals surface area contributed by atoms with Gasteiger partial charge in [0, 0.05) is 23.4 Å². The summed E-state index contributed by atoms with van der Waals surface area (Å²) in [5.74, 6) is -2.35. The molecule has 3 amide bonds. The van der Waals surface area contributed by atoms with Crippen LogP contribution in [0, 0.1) is 15.9 Å². The molecule has 176 valence electrons. The smallest absolute Gasteiger partial charge is 0.282 e. The van der Waals surface area contributed by atoms with Crippen LogP contribution in [0.4, 0.5) is 21.5 Å². The number of nitro groups is 1. The van der Waals surface area contributed by atoms with Gasteiger partial charge in [-0.25, -0.2) is 9.40 Å². The number of nitrogens with zero attached hydrogens (tertiary/aromatic N) is 2. The van der Waals surface area contributed by atoms with Crippen molar-refractivity contribution in [3.05, 3.63) is 99.9 Å². The Morgan fingerprint density at radius 1 is 1.09 bits per heavy atom. The third-order valence-electron chi connectivity index (χ3n) is 4.90. The van der Waals surface area contributed by atoms with Crippen LogP contribution >= 0.6 is 0 Å². The lowest BCUT2D eigenvalue weighted by atomic mass is 10.1. The van der Waals surface area contributed by atoms with E-state index in [4.69, 9.17) is 4.74 Å². The summed E-state index contributed by atoms with van der Waals surface area (Å²) in [6.45, 7) is -0.484. The molecule has 0 bridgehead atoms. The highest BCUT2D eigenvalue weighted by atomic mass is 19.1. The van der Waals surface area contributed by atoms with E-state index in [0.29, 0.717) is 11.4 Å². The van der Waals surface area contributed by atoms with Crippen molar-refractivity contribution in [1.82, 2.24) is 5.43 Å². The summed E-state index contributed by atoms with van der Waals surface area (Å²) >= 11 is 0. The van der Waals surface area contributed by atoms with Crippen LogP contribution in [0.5, 0.6) is 5.75 Å². The van der Waals surface area contributed by atoms with E-state index >= 15 is 0 Å². The van der Waals surface area contributed by atoms with Gasteiger partial charge in [-0.05, 0) is 48.5 Å². The van der Waals surface area contributed by atoms with Crippen molar-refractivity contribution >= 4 is 40.9 Å². The molecule has 2 N–H and O–H groups in total. The Labute approximate surface area is 197 Å². The molecule has 1 aliphatic rings. The number of benzene rings is 3. The number of halogens is 1. The number of para-hydroxylation sites is 1. The fourth-order valence-corrected chi connectivity index (χ4v) is 3.24. The topological polar surface area (TPSA) is 131 Å². The molecule has 0 atom stereocenters. The summed E-state index contributed by atoms with van der Waals surface area (Å²) < 4.78 is 18.5. The molecular weight excluding hydrogens is 459 g/mol. The molecule has 0 radical (unpaired) electrons. The Morgan fingerprint density at radius 3 is 2.49 bits per heavy atom. The minimum absolute atomic E-state index is 0.0381. The van der Waals surface area contributed by atoms with Gasteiger partial charge in [0.15, 0.2) is 6.61 Å². The second kappa shape index (κ2) is 9.83. The van der Waals surface area contributed by atoms with Crippen molar-refractivity contribution in [3.8, 4) is 5.75 Å². The molecule has 0 spiro atoms. The van der Waals surface area contributed by atoms with Gasteiger partial charge in [0.2, 0.25) is 0 Å². The Hall–Kier alpha value is -5.06. The van der Waals surface area contributed by atoms with Crippen LogP contribution in [0.2, 0.25) is 0 Å². The van der Waals surface area contributed by atoms with Gasteiger partial charge < -0.3 is 10.1 Å². The lowest BCUT2D eigenvalue weighted by Gasteiger charge is -2.14. The Balaban J connectivity index is 1.57. The standard InChI is InChI=1S/C24H17FN4O6/c25-16-6-8-17(9-7-16)26-22(30)14-35-21-11-10-19(29(33)34)12-15(21)13-20-23(31)27-28(24(20)32)18-4-2-1-3-5-18/h1-13H,14H2,(H,26,30)(H,27,31)/b20-13-. The lowest BCUT2D eigenvalue weighted by molar-refractivity contribution is -0.384. The first-order valence-electron chi connectivity index (χ1n) is 10.2. The van der Waals surface area contributed by atoms with Gasteiger partial charge in [-0.2, -0.15) is 0 Å². The van der Waals surface area contributed by atoms with Crippen molar-refractivity contribution < 1.29 is 28.4 Å². The number of hydrogen-bond donors (Lipinski definition) is 2. The molecule has 10 nitrogen and oxygen atoms in total. The number of hydrogen-bond acceptors (Lipinski definition) is 6. The Morgan fingerprint density at radius 2 is 1.80 bits per heavy atom. The molecule has 35 heavy (non-hydrogen) atoms. The summed E-state index contributed by atoms with van der Waals surface area (Å²) in [6, 6.07) is 17.1. The number of ether oxygens (including phenoxy) is 1. The van der Waals surface area contributed by atoms with Gasteiger partial charge in [-0.15, -0.1) is 0 Å². The second-order valence-electron chi connectivity index (χ2n) is 7.30. The van der Waals surface area contributed by atoms with Crippen molar-refractivity contribution in [3.63, 3.8) is 0 Å². The second-order valence-corrected chi connectivity index (χ2v) is 7.30. The van der Waals surface area contributed by atoms with E-state index in [1.54, 1.807) is 30.3 Å². The molecule has 1 heterocycles. The Kier molecular flexibility index (Phi) is 6.49. The van der Waals surface area contributed by atoms with E-state index in [1.165, 1.54) is 42.5 Å². The maximum atomic E-state index is 13.0. The zero-order valence-corrected chi connectivity index (χ0v) is 17.9. The molecule has 11 heteroatoms. The predicted molar refractivity (Wildman–Crippen MR) is 124 cm³/mol. The number of non-ortho nitro benzene ring substituents is 1. The van der Waals surface area contributed by atoms with Crippen molar-refractivity contribution in [2.75, 3.05) is 16.9 Å². The molecule has 1 saturated heterocycles. The van der Waals surface area contributed by atoms with Crippen LogP contribution in [0.3, 0.4) is 0 Å². The largest absolute Gasteiger partial charge is 0.483 e. The van der Waals surface area contributed by atoms with Gasteiger partial charge >= 0.3 is 0 Å². The van der Waals surface area contributed by atoms with Crippen molar-refractivity contribution in [2.24, 2.45) is 0 Å². The van der Waals surface area contributed by atoms with Crippen LogP contribution in [-0.2, 0) is 14.4 Å². The first-order valence-corrected chi connectivity index (χ1v) is 10.2. The fraction of sp³-hybridized carbons (Fsp3) is 0.0417.